The molecule has 1 fully saturated rings. The highest BCUT2D eigenvalue weighted by atomic mass is 35.5. The lowest BCUT2D eigenvalue weighted by Crippen LogP contribution is -2.45. The lowest BCUT2D eigenvalue weighted by molar-refractivity contribution is 0.158. The standard InChI is InChI=1S/C14H20ClF2N5/c1-2-18-14(20-8-12(16)17)21-10-5-7-22(9-10)13-11(15)4-3-6-19-13/h3-4,6,10,12H,2,5,7-9H2,1H3,(H2,18,20,21). The monoisotopic (exact) mass is 331 g/mol. The van der Waals surface area contributed by atoms with E-state index < -0.39 is 13.0 Å². The first kappa shape index (κ1) is 16.7. The Morgan fingerprint density at radius 1 is 1.59 bits per heavy atom. The Kier molecular flexibility index (Phi) is 6.18. The van der Waals surface area contributed by atoms with Crippen molar-refractivity contribution >= 4 is 23.4 Å². The number of hydrogen-bond acceptors (Lipinski definition) is 3. The Morgan fingerprint density at radius 3 is 3.09 bits per heavy atom. The summed E-state index contributed by atoms with van der Waals surface area (Å²) in [4.78, 5) is 10.2. The van der Waals surface area contributed by atoms with Crippen molar-refractivity contribution in [2.24, 2.45) is 4.99 Å². The second-order valence-corrected chi connectivity index (χ2v) is 5.40. The molecule has 0 spiro atoms. The van der Waals surface area contributed by atoms with Gasteiger partial charge in [0.25, 0.3) is 6.43 Å². The van der Waals surface area contributed by atoms with Crippen molar-refractivity contribution in [3.8, 4) is 0 Å². The highest BCUT2D eigenvalue weighted by Crippen LogP contribution is 2.25. The first-order chi connectivity index (χ1) is 10.6. The van der Waals surface area contributed by atoms with Crippen LogP contribution in [0.1, 0.15) is 13.3 Å². The molecule has 22 heavy (non-hydrogen) atoms. The van der Waals surface area contributed by atoms with E-state index in [0.717, 1.165) is 18.8 Å². The Balaban J connectivity index is 1.94. The van der Waals surface area contributed by atoms with E-state index in [-0.39, 0.29) is 6.04 Å². The molecule has 0 radical (unpaired) electrons. The number of aromatic nitrogens is 1. The minimum atomic E-state index is -2.44. The van der Waals surface area contributed by atoms with Gasteiger partial charge >= 0.3 is 0 Å². The van der Waals surface area contributed by atoms with Crippen LogP contribution < -0.4 is 15.5 Å². The Morgan fingerprint density at radius 2 is 2.41 bits per heavy atom. The zero-order chi connectivity index (χ0) is 15.9. The maximum Gasteiger partial charge on any atom is 0.257 e. The number of rotatable bonds is 5. The summed E-state index contributed by atoms with van der Waals surface area (Å²) in [5, 5.41) is 6.77. The van der Waals surface area contributed by atoms with Gasteiger partial charge in [0.1, 0.15) is 12.4 Å². The minimum Gasteiger partial charge on any atom is -0.357 e. The molecule has 1 aliphatic heterocycles. The second kappa shape index (κ2) is 8.12. The Labute approximate surface area is 133 Å². The van der Waals surface area contributed by atoms with Crippen molar-refractivity contribution in [3.63, 3.8) is 0 Å². The van der Waals surface area contributed by atoms with E-state index >= 15 is 0 Å². The summed E-state index contributed by atoms with van der Waals surface area (Å²) < 4.78 is 24.6. The van der Waals surface area contributed by atoms with Crippen LogP contribution in [-0.2, 0) is 0 Å². The van der Waals surface area contributed by atoms with Gasteiger partial charge in [-0.15, -0.1) is 0 Å². The Bertz CT molecular complexity index is 512. The van der Waals surface area contributed by atoms with Crippen LogP contribution in [0.25, 0.3) is 0 Å². The summed E-state index contributed by atoms with van der Waals surface area (Å²) >= 11 is 6.15. The quantitative estimate of drug-likeness (QED) is 0.641. The van der Waals surface area contributed by atoms with Gasteiger partial charge in [-0.1, -0.05) is 11.6 Å². The zero-order valence-corrected chi connectivity index (χ0v) is 13.2. The van der Waals surface area contributed by atoms with Crippen molar-refractivity contribution in [2.75, 3.05) is 31.1 Å². The molecular weight excluding hydrogens is 312 g/mol. The summed E-state index contributed by atoms with van der Waals surface area (Å²) in [6.07, 6.45) is 0.130. The number of nitrogens with one attached hydrogen (secondary N) is 2. The summed E-state index contributed by atoms with van der Waals surface area (Å²) in [5.41, 5.74) is 0. The smallest absolute Gasteiger partial charge is 0.257 e. The lowest BCUT2D eigenvalue weighted by atomic mass is 10.3. The van der Waals surface area contributed by atoms with Crippen molar-refractivity contribution in [1.29, 1.82) is 0 Å². The number of hydrogen-bond donors (Lipinski definition) is 2. The molecule has 2 heterocycles. The summed E-state index contributed by atoms with van der Waals surface area (Å²) in [7, 11) is 0. The molecule has 2 rings (SSSR count). The molecule has 122 valence electrons. The van der Waals surface area contributed by atoms with E-state index in [2.05, 4.69) is 25.5 Å². The fraction of sp³-hybridized carbons (Fsp3) is 0.571. The van der Waals surface area contributed by atoms with Crippen LogP contribution in [0.15, 0.2) is 23.3 Å². The van der Waals surface area contributed by atoms with Crippen LogP contribution in [-0.4, -0.2) is 49.6 Å². The summed E-state index contributed by atoms with van der Waals surface area (Å²) in [6.45, 7) is 3.53. The predicted molar refractivity (Wildman–Crippen MR) is 85.0 cm³/mol. The number of halogens is 3. The van der Waals surface area contributed by atoms with Gasteiger partial charge in [-0.05, 0) is 25.5 Å². The third kappa shape index (κ3) is 4.69. The van der Waals surface area contributed by atoms with E-state index in [1.165, 1.54) is 0 Å². The molecule has 0 saturated carbocycles. The average molecular weight is 332 g/mol. The number of nitrogens with zero attached hydrogens (tertiary/aromatic N) is 3. The topological polar surface area (TPSA) is 52.6 Å². The number of guanidine groups is 1. The molecule has 1 aromatic heterocycles. The minimum absolute atomic E-state index is 0.119. The number of anilines is 1. The average Bonchev–Trinajstić information content (AvgIpc) is 2.94. The predicted octanol–water partition coefficient (Wildman–Crippen LogP) is 2.13. The Hall–Kier alpha value is -1.63. The number of aliphatic imine (C=N–C) groups is 1. The van der Waals surface area contributed by atoms with Crippen LogP contribution in [0.2, 0.25) is 5.02 Å². The molecule has 1 unspecified atom stereocenters. The van der Waals surface area contributed by atoms with Gasteiger partial charge in [-0.2, -0.15) is 0 Å². The molecule has 2 N–H and O–H groups in total. The van der Waals surface area contributed by atoms with Crippen LogP contribution in [0, 0.1) is 0 Å². The van der Waals surface area contributed by atoms with Crippen molar-refractivity contribution in [2.45, 2.75) is 25.8 Å². The van der Waals surface area contributed by atoms with E-state index in [0.29, 0.717) is 24.1 Å². The van der Waals surface area contributed by atoms with Crippen molar-refractivity contribution in [1.82, 2.24) is 15.6 Å². The first-order valence-corrected chi connectivity index (χ1v) is 7.66. The molecule has 1 atom stereocenters. The number of alkyl halides is 2. The van der Waals surface area contributed by atoms with E-state index in [1.54, 1.807) is 18.3 Å². The zero-order valence-electron chi connectivity index (χ0n) is 12.4. The van der Waals surface area contributed by atoms with E-state index in [4.69, 9.17) is 11.6 Å². The van der Waals surface area contributed by atoms with Gasteiger partial charge in [0, 0.05) is 31.9 Å². The number of pyridine rings is 1. The highest BCUT2D eigenvalue weighted by Gasteiger charge is 2.25. The molecule has 1 aromatic rings. The molecule has 0 aliphatic carbocycles. The van der Waals surface area contributed by atoms with Gasteiger partial charge in [-0.3, -0.25) is 0 Å². The molecule has 1 saturated heterocycles. The fourth-order valence-corrected chi connectivity index (χ4v) is 2.60. The normalized spacial score (nSPS) is 18.9. The molecule has 5 nitrogen and oxygen atoms in total. The maximum atomic E-state index is 12.3. The van der Waals surface area contributed by atoms with E-state index in [9.17, 15) is 8.78 Å². The van der Waals surface area contributed by atoms with Crippen LogP contribution in [0.3, 0.4) is 0 Å². The molecule has 1 aliphatic rings. The highest BCUT2D eigenvalue weighted by molar-refractivity contribution is 6.32. The van der Waals surface area contributed by atoms with Crippen LogP contribution in [0.4, 0.5) is 14.6 Å². The first-order valence-electron chi connectivity index (χ1n) is 7.28. The largest absolute Gasteiger partial charge is 0.357 e. The van der Waals surface area contributed by atoms with Gasteiger partial charge in [-0.25, -0.2) is 18.8 Å². The molecule has 0 aromatic carbocycles. The van der Waals surface area contributed by atoms with Crippen molar-refractivity contribution < 1.29 is 8.78 Å². The van der Waals surface area contributed by atoms with Crippen LogP contribution >= 0.6 is 11.6 Å². The van der Waals surface area contributed by atoms with Crippen molar-refractivity contribution in [3.05, 3.63) is 23.4 Å². The lowest BCUT2D eigenvalue weighted by Gasteiger charge is -2.20. The maximum absolute atomic E-state index is 12.3. The molecular formula is C14H20ClF2N5. The van der Waals surface area contributed by atoms with Gasteiger partial charge in [0.2, 0.25) is 0 Å². The SMILES string of the molecule is CCNC(=NCC(F)F)NC1CCN(c2ncccc2Cl)C1. The molecule has 8 heteroatoms. The third-order valence-corrected chi connectivity index (χ3v) is 3.59. The fourth-order valence-electron chi connectivity index (χ4n) is 2.35. The summed E-state index contributed by atoms with van der Waals surface area (Å²) in [5.74, 6) is 1.17. The third-order valence-electron chi connectivity index (χ3n) is 3.30. The van der Waals surface area contributed by atoms with Gasteiger partial charge < -0.3 is 15.5 Å². The van der Waals surface area contributed by atoms with Gasteiger partial charge in [0.15, 0.2) is 5.96 Å². The van der Waals surface area contributed by atoms with Crippen LogP contribution in [0.5, 0.6) is 0 Å². The molecule has 0 bridgehead atoms. The summed E-state index contributed by atoms with van der Waals surface area (Å²) in [6, 6.07) is 3.71. The molecule has 0 amide bonds. The van der Waals surface area contributed by atoms with E-state index in [1.807, 2.05) is 6.92 Å². The second-order valence-electron chi connectivity index (χ2n) is 5.00. The van der Waals surface area contributed by atoms with Gasteiger partial charge in [0.05, 0.1) is 5.02 Å².